The average molecular weight is 345 g/mol. The number of anilines is 2. The zero-order valence-electron chi connectivity index (χ0n) is 8.11. The van der Waals surface area contributed by atoms with Gasteiger partial charge in [-0.15, -0.1) is 11.3 Å². The molecule has 0 aliphatic heterocycles. The van der Waals surface area contributed by atoms with Gasteiger partial charge in [0, 0.05) is 39.2 Å². The highest BCUT2D eigenvalue weighted by Crippen LogP contribution is 2.26. The number of rotatable bonds is 2. The molecule has 2 aromatic rings. The van der Waals surface area contributed by atoms with E-state index < -0.39 is 0 Å². The van der Waals surface area contributed by atoms with Gasteiger partial charge in [0.15, 0.2) is 5.13 Å². The molecule has 1 aromatic heterocycles. The van der Waals surface area contributed by atoms with Gasteiger partial charge in [0.1, 0.15) is 0 Å². The number of nitrogen functional groups attached to an aromatic ring is 1. The SMILES string of the molecule is Nc1cccc(-c2csc(NC(=O)I)n2)c1. The number of nitrogens with zero attached hydrogens (tertiary/aromatic N) is 1. The highest BCUT2D eigenvalue weighted by Gasteiger charge is 2.05. The monoisotopic (exact) mass is 345 g/mol. The van der Waals surface area contributed by atoms with Crippen LogP contribution in [0.5, 0.6) is 0 Å². The first-order valence-electron chi connectivity index (χ1n) is 4.43. The molecule has 4 nitrogen and oxygen atoms in total. The van der Waals surface area contributed by atoms with Crippen LogP contribution in [0, 0.1) is 0 Å². The molecule has 0 atom stereocenters. The van der Waals surface area contributed by atoms with Crippen molar-refractivity contribution in [2.45, 2.75) is 0 Å². The lowest BCUT2D eigenvalue weighted by atomic mass is 10.1. The zero-order chi connectivity index (χ0) is 11.5. The van der Waals surface area contributed by atoms with E-state index in [1.54, 1.807) is 22.6 Å². The topological polar surface area (TPSA) is 68.0 Å². The first-order chi connectivity index (χ1) is 7.65. The predicted octanol–water partition coefficient (Wildman–Crippen LogP) is 3.36. The number of nitrogens with one attached hydrogen (secondary N) is 1. The summed E-state index contributed by atoms with van der Waals surface area (Å²) in [5.41, 5.74) is 8.15. The van der Waals surface area contributed by atoms with E-state index in [1.807, 2.05) is 29.6 Å². The van der Waals surface area contributed by atoms with Crippen molar-refractivity contribution in [3.05, 3.63) is 29.6 Å². The standard InChI is InChI=1S/C10H8IN3OS/c11-9(15)14-10-13-8(5-16-10)6-2-1-3-7(12)4-6/h1-5H,12H2,(H,13,14,15). The van der Waals surface area contributed by atoms with Gasteiger partial charge in [-0.2, -0.15) is 0 Å². The maximum atomic E-state index is 10.8. The number of hydrogen-bond donors (Lipinski definition) is 2. The minimum absolute atomic E-state index is 0.147. The van der Waals surface area contributed by atoms with E-state index in [1.165, 1.54) is 11.3 Å². The number of hydrogen-bond acceptors (Lipinski definition) is 4. The second-order valence-corrected chi connectivity index (χ2v) is 4.90. The van der Waals surface area contributed by atoms with Crippen LogP contribution in [0.4, 0.5) is 15.6 Å². The zero-order valence-corrected chi connectivity index (χ0v) is 11.1. The molecule has 0 fully saturated rings. The first-order valence-corrected chi connectivity index (χ1v) is 6.39. The quantitative estimate of drug-likeness (QED) is 0.380. The first kappa shape index (κ1) is 11.3. The number of thiazole rings is 1. The second-order valence-electron chi connectivity index (χ2n) is 3.06. The molecule has 0 saturated heterocycles. The Kier molecular flexibility index (Phi) is 3.39. The van der Waals surface area contributed by atoms with Crippen molar-refractivity contribution >= 4 is 48.7 Å². The van der Waals surface area contributed by atoms with Crippen molar-refractivity contribution in [2.75, 3.05) is 11.1 Å². The molecule has 3 N–H and O–H groups in total. The fraction of sp³-hybridized carbons (Fsp3) is 0. The Labute approximate surface area is 110 Å². The number of carbonyl (C=O) groups excluding carboxylic acids is 1. The number of aromatic nitrogens is 1. The Bertz CT molecular complexity index is 526. The minimum atomic E-state index is -0.147. The Morgan fingerprint density at radius 2 is 2.31 bits per heavy atom. The third kappa shape index (κ3) is 2.70. The van der Waals surface area contributed by atoms with Crippen LogP contribution in [0.2, 0.25) is 0 Å². The van der Waals surface area contributed by atoms with Gasteiger partial charge < -0.3 is 5.73 Å². The molecule has 82 valence electrons. The van der Waals surface area contributed by atoms with E-state index >= 15 is 0 Å². The summed E-state index contributed by atoms with van der Waals surface area (Å²) in [5.74, 6) is 0. The third-order valence-corrected chi connectivity index (χ3v) is 2.92. The fourth-order valence-electron chi connectivity index (χ4n) is 1.25. The van der Waals surface area contributed by atoms with Gasteiger partial charge in [0.2, 0.25) is 0 Å². The summed E-state index contributed by atoms with van der Waals surface area (Å²) < 4.78 is -0.147. The summed E-state index contributed by atoms with van der Waals surface area (Å²) in [6.45, 7) is 0. The van der Waals surface area contributed by atoms with E-state index in [2.05, 4.69) is 10.3 Å². The van der Waals surface area contributed by atoms with Crippen molar-refractivity contribution < 1.29 is 4.79 Å². The minimum Gasteiger partial charge on any atom is -0.399 e. The van der Waals surface area contributed by atoms with E-state index in [9.17, 15) is 4.79 Å². The average Bonchev–Trinajstić information content (AvgIpc) is 2.65. The summed E-state index contributed by atoms with van der Waals surface area (Å²) >= 11 is 3.06. The summed E-state index contributed by atoms with van der Waals surface area (Å²) in [6, 6.07) is 7.48. The van der Waals surface area contributed by atoms with Crippen molar-refractivity contribution in [3.8, 4) is 11.3 Å². The van der Waals surface area contributed by atoms with Gasteiger partial charge in [0.25, 0.3) is 3.91 Å². The van der Waals surface area contributed by atoms with Gasteiger partial charge in [-0.05, 0) is 12.1 Å². The number of benzene rings is 1. The van der Waals surface area contributed by atoms with Gasteiger partial charge in [-0.1, -0.05) is 12.1 Å². The second kappa shape index (κ2) is 4.79. The van der Waals surface area contributed by atoms with Crippen LogP contribution in [0.15, 0.2) is 29.6 Å². The summed E-state index contributed by atoms with van der Waals surface area (Å²) in [4.78, 5) is 15.1. The van der Waals surface area contributed by atoms with Crippen molar-refractivity contribution in [3.63, 3.8) is 0 Å². The smallest absolute Gasteiger partial charge is 0.286 e. The molecule has 0 aliphatic rings. The van der Waals surface area contributed by atoms with Gasteiger partial charge in [-0.3, -0.25) is 10.1 Å². The number of carbonyl (C=O) groups is 1. The van der Waals surface area contributed by atoms with Crippen LogP contribution < -0.4 is 11.1 Å². The van der Waals surface area contributed by atoms with Crippen LogP contribution in [-0.2, 0) is 0 Å². The predicted molar refractivity (Wildman–Crippen MR) is 75.0 cm³/mol. The molecule has 16 heavy (non-hydrogen) atoms. The molecular weight excluding hydrogens is 337 g/mol. The molecule has 0 spiro atoms. The summed E-state index contributed by atoms with van der Waals surface area (Å²) in [5, 5.41) is 5.11. The maximum absolute atomic E-state index is 10.8. The Balaban J connectivity index is 2.28. The maximum Gasteiger partial charge on any atom is 0.286 e. The van der Waals surface area contributed by atoms with Crippen LogP contribution in [0.3, 0.4) is 0 Å². The molecule has 1 aromatic carbocycles. The van der Waals surface area contributed by atoms with Gasteiger partial charge in [0.05, 0.1) is 5.69 Å². The molecule has 1 amide bonds. The molecule has 1 heterocycles. The molecule has 0 bridgehead atoms. The largest absolute Gasteiger partial charge is 0.399 e. The fourth-order valence-corrected chi connectivity index (χ4v) is 2.40. The molecule has 0 saturated carbocycles. The number of nitrogens with two attached hydrogens (primary N) is 1. The Morgan fingerprint density at radius 1 is 1.50 bits per heavy atom. The molecule has 2 rings (SSSR count). The van der Waals surface area contributed by atoms with Gasteiger partial charge >= 0.3 is 0 Å². The Morgan fingerprint density at radius 3 is 3.00 bits per heavy atom. The summed E-state index contributed by atoms with van der Waals surface area (Å²) in [6.07, 6.45) is 0. The van der Waals surface area contributed by atoms with E-state index in [4.69, 9.17) is 5.73 Å². The Hall–Kier alpha value is -1.15. The molecular formula is C10H8IN3OS. The van der Waals surface area contributed by atoms with Crippen molar-refractivity contribution in [2.24, 2.45) is 0 Å². The lowest BCUT2D eigenvalue weighted by molar-refractivity contribution is 0.272. The molecule has 0 radical (unpaired) electrons. The van der Waals surface area contributed by atoms with Crippen LogP contribution in [0.25, 0.3) is 11.3 Å². The van der Waals surface area contributed by atoms with E-state index in [0.29, 0.717) is 10.8 Å². The van der Waals surface area contributed by atoms with Crippen molar-refractivity contribution in [1.82, 2.24) is 4.98 Å². The molecule has 0 aliphatic carbocycles. The van der Waals surface area contributed by atoms with Gasteiger partial charge in [-0.25, -0.2) is 4.98 Å². The normalized spacial score (nSPS) is 10.1. The highest BCUT2D eigenvalue weighted by atomic mass is 127. The highest BCUT2D eigenvalue weighted by molar-refractivity contribution is 14.1. The summed E-state index contributed by atoms with van der Waals surface area (Å²) in [7, 11) is 0. The lowest BCUT2D eigenvalue weighted by Gasteiger charge is -1.97. The molecule has 6 heteroatoms. The number of halogens is 1. The van der Waals surface area contributed by atoms with Crippen molar-refractivity contribution in [1.29, 1.82) is 0 Å². The van der Waals surface area contributed by atoms with E-state index in [-0.39, 0.29) is 3.91 Å². The van der Waals surface area contributed by atoms with Crippen LogP contribution >= 0.6 is 33.9 Å². The van der Waals surface area contributed by atoms with Crippen LogP contribution in [-0.4, -0.2) is 8.90 Å². The molecule has 0 unspecified atom stereocenters. The third-order valence-electron chi connectivity index (χ3n) is 1.89. The number of amides is 1. The van der Waals surface area contributed by atoms with E-state index in [0.717, 1.165) is 11.3 Å². The van der Waals surface area contributed by atoms with Crippen LogP contribution in [0.1, 0.15) is 0 Å². The lowest BCUT2D eigenvalue weighted by Crippen LogP contribution is -1.99.